The van der Waals surface area contributed by atoms with Crippen molar-refractivity contribution in [3.05, 3.63) is 35.4 Å². The number of rotatable bonds is 7. The molecule has 1 aromatic rings. The Balaban J connectivity index is 1.80. The van der Waals surface area contributed by atoms with Gasteiger partial charge in [-0.05, 0) is 77.2 Å². The molecule has 0 unspecified atom stereocenters. The zero-order valence-corrected chi connectivity index (χ0v) is 14.6. The minimum atomic E-state index is -0.651. The maximum atomic E-state index is 12.2. The first-order valence-corrected chi connectivity index (χ1v) is 8.69. The van der Waals surface area contributed by atoms with Crippen LogP contribution in [0.4, 0.5) is 0 Å². The second kappa shape index (κ2) is 7.93. The fraction of sp³-hybridized carbons (Fsp3) is 0.632. The number of benzene rings is 1. The summed E-state index contributed by atoms with van der Waals surface area (Å²) in [6.07, 6.45) is 4.07. The number of hydrogen-bond donors (Lipinski definition) is 2. The summed E-state index contributed by atoms with van der Waals surface area (Å²) in [4.78, 5) is 14.7. The van der Waals surface area contributed by atoms with E-state index >= 15 is 0 Å². The lowest BCUT2D eigenvalue weighted by molar-refractivity contribution is 0.0713. The Morgan fingerprint density at radius 3 is 2.43 bits per heavy atom. The average Bonchev–Trinajstić information content (AvgIpc) is 3.04. The van der Waals surface area contributed by atoms with E-state index in [1.54, 1.807) is 0 Å². The molecule has 1 saturated heterocycles. The van der Waals surface area contributed by atoms with Gasteiger partial charge in [-0.25, -0.2) is 0 Å². The molecular formula is C19H30N2O2. The highest BCUT2D eigenvalue weighted by molar-refractivity contribution is 5.94. The molecule has 4 nitrogen and oxygen atoms in total. The van der Waals surface area contributed by atoms with Gasteiger partial charge in [0.05, 0.1) is 5.60 Å². The first-order valence-electron chi connectivity index (χ1n) is 8.69. The fourth-order valence-electron chi connectivity index (χ4n) is 2.93. The molecular weight excluding hydrogens is 288 g/mol. The van der Waals surface area contributed by atoms with Gasteiger partial charge in [0, 0.05) is 18.2 Å². The van der Waals surface area contributed by atoms with Crippen LogP contribution in [0.1, 0.15) is 56.0 Å². The van der Waals surface area contributed by atoms with Gasteiger partial charge in [-0.2, -0.15) is 0 Å². The lowest BCUT2D eigenvalue weighted by Gasteiger charge is -2.23. The van der Waals surface area contributed by atoms with E-state index in [0.29, 0.717) is 24.6 Å². The SMILES string of the molecule is C[C@H](CNC(=O)c1ccc(CCC(C)(C)O)cc1)N1CCCC1. The van der Waals surface area contributed by atoms with Crippen LogP contribution in [0.15, 0.2) is 24.3 Å². The molecule has 1 fully saturated rings. The van der Waals surface area contributed by atoms with E-state index in [9.17, 15) is 9.90 Å². The van der Waals surface area contributed by atoms with Crippen LogP contribution in [0.2, 0.25) is 0 Å². The second-order valence-corrected chi connectivity index (χ2v) is 7.31. The molecule has 0 bridgehead atoms. The van der Waals surface area contributed by atoms with Crippen LogP contribution >= 0.6 is 0 Å². The van der Waals surface area contributed by atoms with Crippen LogP contribution in [0.3, 0.4) is 0 Å². The molecule has 1 aliphatic rings. The van der Waals surface area contributed by atoms with Crippen LogP contribution in [-0.2, 0) is 6.42 Å². The Kier molecular flexibility index (Phi) is 6.19. The molecule has 2 rings (SSSR count). The van der Waals surface area contributed by atoms with Gasteiger partial charge in [0.1, 0.15) is 0 Å². The molecule has 0 aliphatic carbocycles. The summed E-state index contributed by atoms with van der Waals surface area (Å²) in [7, 11) is 0. The van der Waals surface area contributed by atoms with Gasteiger partial charge in [-0.3, -0.25) is 9.69 Å². The number of aliphatic hydroxyl groups is 1. The summed E-state index contributed by atoms with van der Waals surface area (Å²) in [5.74, 6) is -0.00918. The molecule has 23 heavy (non-hydrogen) atoms. The zero-order chi connectivity index (χ0) is 16.9. The number of nitrogens with zero attached hydrogens (tertiary/aromatic N) is 1. The quantitative estimate of drug-likeness (QED) is 0.812. The lowest BCUT2D eigenvalue weighted by atomic mass is 9.98. The van der Waals surface area contributed by atoms with Gasteiger partial charge in [0.2, 0.25) is 0 Å². The molecule has 1 amide bonds. The van der Waals surface area contributed by atoms with E-state index in [-0.39, 0.29) is 5.91 Å². The van der Waals surface area contributed by atoms with E-state index in [2.05, 4.69) is 17.1 Å². The number of likely N-dealkylation sites (tertiary alicyclic amines) is 1. The third-order valence-electron chi connectivity index (χ3n) is 4.56. The van der Waals surface area contributed by atoms with Crippen LogP contribution < -0.4 is 5.32 Å². The predicted octanol–water partition coefficient (Wildman–Crippen LogP) is 2.60. The first kappa shape index (κ1) is 18.0. The molecule has 0 radical (unpaired) electrons. The number of carbonyl (C=O) groups is 1. The second-order valence-electron chi connectivity index (χ2n) is 7.31. The van der Waals surface area contributed by atoms with E-state index in [1.165, 1.54) is 12.8 Å². The predicted molar refractivity (Wildman–Crippen MR) is 93.7 cm³/mol. The highest BCUT2D eigenvalue weighted by Crippen LogP contribution is 2.14. The monoisotopic (exact) mass is 318 g/mol. The Morgan fingerprint density at radius 2 is 1.87 bits per heavy atom. The average molecular weight is 318 g/mol. The van der Waals surface area contributed by atoms with Crippen molar-refractivity contribution in [3.63, 3.8) is 0 Å². The van der Waals surface area contributed by atoms with Crippen molar-refractivity contribution in [1.82, 2.24) is 10.2 Å². The molecule has 1 aliphatic heterocycles. The molecule has 0 aromatic heterocycles. The summed E-state index contributed by atoms with van der Waals surface area (Å²) in [5.41, 5.74) is 1.20. The molecule has 128 valence electrons. The number of aryl methyl sites for hydroxylation is 1. The summed E-state index contributed by atoms with van der Waals surface area (Å²) >= 11 is 0. The Bertz CT molecular complexity index is 499. The first-order chi connectivity index (χ1) is 10.8. The van der Waals surface area contributed by atoms with Crippen LogP contribution in [0, 0.1) is 0 Å². The highest BCUT2D eigenvalue weighted by atomic mass is 16.3. The summed E-state index contributed by atoms with van der Waals surface area (Å²) in [6, 6.07) is 8.09. The van der Waals surface area contributed by atoms with Crippen LogP contribution in [0.25, 0.3) is 0 Å². The van der Waals surface area contributed by atoms with E-state index in [1.807, 2.05) is 38.1 Å². The smallest absolute Gasteiger partial charge is 0.251 e. The van der Waals surface area contributed by atoms with Crippen molar-refractivity contribution in [1.29, 1.82) is 0 Å². The third kappa shape index (κ3) is 5.96. The Morgan fingerprint density at radius 1 is 1.26 bits per heavy atom. The van der Waals surface area contributed by atoms with E-state index in [0.717, 1.165) is 25.1 Å². The molecule has 1 atom stereocenters. The maximum absolute atomic E-state index is 12.2. The highest BCUT2D eigenvalue weighted by Gasteiger charge is 2.18. The maximum Gasteiger partial charge on any atom is 0.251 e. The number of nitrogens with one attached hydrogen (secondary N) is 1. The van der Waals surface area contributed by atoms with Crippen molar-refractivity contribution >= 4 is 5.91 Å². The Labute approximate surface area is 139 Å². The van der Waals surface area contributed by atoms with Crippen LogP contribution in [-0.4, -0.2) is 47.2 Å². The van der Waals surface area contributed by atoms with E-state index in [4.69, 9.17) is 0 Å². The van der Waals surface area contributed by atoms with Crippen molar-refractivity contribution in [2.24, 2.45) is 0 Å². The van der Waals surface area contributed by atoms with E-state index < -0.39 is 5.60 Å². The molecule has 1 heterocycles. The largest absolute Gasteiger partial charge is 0.390 e. The molecule has 0 spiro atoms. The molecule has 1 aromatic carbocycles. The summed E-state index contributed by atoms with van der Waals surface area (Å²) in [5, 5.41) is 12.8. The number of carbonyl (C=O) groups excluding carboxylic acids is 1. The van der Waals surface area contributed by atoms with Gasteiger partial charge < -0.3 is 10.4 Å². The molecule has 0 saturated carbocycles. The Hall–Kier alpha value is -1.39. The van der Waals surface area contributed by atoms with Crippen molar-refractivity contribution < 1.29 is 9.90 Å². The lowest BCUT2D eigenvalue weighted by Crippen LogP contribution is -2.40. The minimum Gasteiger partial charge on any atom is -0.390 e. The van der Waals surface area contributed by atoms with Gasteiger partial charge >= 0.3 is 0 Å². The number of hydrogen-bond acceptors (Lipinski definition) is 3. The summed E-state index contributed by atoms with van der Waals surface area (Å²) < 4.78 is 0. The fourth-order valence-corrected chi connectivity index (χ4v) is 2.93. The normalized spacial score (nSPS) is 17.2. The van der Waals surface area contributed by atoms with Crippen molar-refractivity contribution in [3.8, 4) is 0 Å². The van der Waals surface area contributed by atoms with Gasteiger partial charge in [0.15, 0.2) is 0 Å². The van der Waals surface area contributed by atoms with Crippen LogP contribution in [0.5, 0.6) is 0 Å². The van der Waals surface area contributed by atoms with Gasteiger partial charge in [0.25, 0.3) is 5.91 Å². The minimum absolute atomic E-state index is 0.00918. The van der Waals surface area contributed by atoms with Gasteiger partial charge in [-0.1, -0.05) is 12.1 Å². The van der Waals surface area contributed by atoms with Crippen molar-refractivity contribution in [2.75, 3.05) is 19.6 Å². The third-order valence-corrected chi connectivity index (χ3v) is 4.56. The van der Waals surface area contributed by atoms with Crippen molar-refractivity contribution in [2.45, 2.75) is 58.1 Å². The standard InChI is InChI=1S/C19H30N2O2/c1-15(21-12-4-5-13-21)14-20-18(22)17-8-6-16(7-9-17)10-11-19(2,3)23/h6-9,15,23H,4-5,10-14H2,1-3H3,(H,20,22)/t15-/m1/s1. The topological polar surface area (TPSA) is 52.6 Å². The number of amides is 1. The molecule has 2 N–H and O–H groups in total. The summed E-state index contributed by atoms with van der Waals surface area (Å²) in [6.45, 7) is 8.79. The van der Waals surface area contributed by atoms with Gasteiger partial charge in [-0.15, -0.1) is 0 Å². The zero-order valence-electron chi connectivity index (χ0n) is 14.6. The molecule has 4 heteroatoms.